The molecule has 2 saturated heterocycles. The number of fused-ring (bicyclic) bond motifs is 3. The highest BCUT2D eigenvalue weighted by molar-refractivity contribution is 5.97. The third-order valence-corrected chi connectivity index (χ3v) is 6.06. The zero-order valence-corrected chi connectivity index (χ0v) is 15.2. The van der Waals surface area contributed by atoms with E-state index >= 15 is 0 Å². The molecule has 2 bridgehead atoms. The van der Waals surface area contributed by atoms with E-state index in [1.807, 2.05) is 6.92 Å². The first-order valence-corrected chi connectivity index (χ1v) is 9.33. The van der Waals surface area contributed by atoms with Gasteiger partial charge in [0, 0.05) is 36.3 Å². The Hall–Kier alpha value is -2.21. The predicted octanol–water partition coefficient (Wildman–Crippen LogP) is 2.52. The topological polar surface area (TPSA) is 54.3 Å². The van der Waals surface area contributed by atoms with Gasteiger partial charge in [-0.1, -0.05) is 0 Å². The van der Waals surface area contributed by atoms with E-state index in [4.69, 9.17) is 0 Å². The number of hydrogen-bond acceptors (Lipinski definition) is 3. The third-order valence-electron chi connectivity index (χ3n) is 6.06. The molecule has 1 amide bonds. The van der Waals surface area contributed by atoms with Crippen molar-refractivity contribution in [3.8, 4) is 0 Å². The van der Waals surface area contributed by atoms with Crippen LogP contribution in [0, 0.1) is 5.82 Å². The lowest BCUT2D eigenvalue weighted by Gasteiger charge is -2.36. The number of carbonyl (C=O) groups is 1. The van der Waals surface area contributed by atoms with Crippen LogP contribution in [0.2, 0.25) is 0 Å². The summed E-state index contributed by atoms with van der Waals surface area (Å²) in [4.78, 5) is 28.0. The minimum absolute atomic E-state index is 0.106. The molecule has 1 aromatic heterocycles. The van der Waals surface area contributed by atoms with E-state index in [0.29, 0.717) is 29.5 Å². The van der Waals surface area contributed by atoms with Crippen LogP contribution < -0.4 is 10.7 Å². The number of pyridine rings is 1. The highest BCUT2D eigenvalue weighted by Crippen LogP contribution is 2.34. The molecule has 0 saturated carbocycles. The van der Waals surface area contributed by atoms with Crippen LogP contribution in [-0.2, 0) is 6.54 Å². The van der Waals surface area contributed by atoms with Crippen molar-refractivity contribution >= 4 is 16.8 Å². The van der Waals surface area contributed by atoms with Gasteiger partial charge in [-0.25, -0.2) is 4.39 Å². The lowest BCUT2D eigenvalue weighted by Crippen LogP contribution is -2.49. The quantitative estimate of drug-likeness (QED) is 0.918. The van der Waals surface area contributed by atoms with Crippen LogP contribution in [0.5, 0.6) is 0 Å². The van der Waals surface area contributed by atoms with Crippen LogP contribution in [0.1, 0.15) is 43.0 Å². The predicted molar refractivity (Wildman–Crippen MR) is 98.9 cm³/mol. The fourth-order valence-electron chi connectivity index (χ4n) is 4.58. The van der Waals surface area contributed by atoms with Crippen LogP contribution in [0.25, 0.3) is 10.9 Å². The highest BCUT2D eigenvalue weighted by atomic mass is 19.1. The minimum Gasteiger partial charge on any atom is -0.349 e. The summed E-state index contributed by atoms with van der Waals surface area (Å²) in [7, 11) is 2.16. The molecule has 6 heteroatoms. The Morgan fingerprint density at radius 1 is 1.27 bits per heavy atom. The molecule has 2 fully saturated rings. The van der Waals surface area contributed by atoms with Crippen molar-refractivity contribution in [1.82, 2.24) is 14.8 Å². The largest absolute Gasteiger partial charge is 0.349 e. The number of aryl methyl sites for hydroxylation is 1. The number of hydrogen-bond donors (Lipinski definition) is 1. The van der Waals surface area contributed by atoms with Crippen LogP contribution in [0.3, 0.4) is 0 Å². The van der Waals surface area contributed by atoms with E-state index in [-0.39, 0.29) is 22.9 Å². The Morgan fingerprint density at radius 2 is 1.96 bits per heavy atom. The van der Waals surface area contributed by atoms with Crippen LogP contribution in [0.4, 0.5) is 4.39 Å². The Morgan fingerprint density at radius 3 is 2.62 bits per heavy atom. The number of amides is 1. The maximum Gasteiger partial charge on any atom is 0.256 e. The van der Waals surface area contributed by atoms with Gasteiger partial charge in [0.05, 0.1) is 5.52 Å². The summed E-state index contributed by atoms with van der Waals surface area (Å²) in [6.07, 6.45) is 5.78. The van der Waals surface area contributed by atoms with E-state index in [2.05, 4.69) is 17.3 Å². The molecular formula is C20H24FN3O2. The normalized spacial score (nSPS) is 25.6. The molecule has 4 rings (SSSR count). The SMILES string of the molecule is CCn1cc(C(=O)NC2CC3CCC(C2)N3C)c(=O)c2ccc(F)cc21. The number of aromatic nitrogens is 1. The summed E-state index contributed by atoms with van der Waals surface area (Å²) in [5.41, 5.74) is 0.321. The third kappa shape index (κ3) is 2.82. The Labute approximate surface area is 151 Å². The maximum atomic E-state index is 13.6. The molecule has 1 N–H and O–H groups in total. The van der Waals surface area contributed by atoms with Crippen molar-refractivity contribution in [2.45, 2.75) is 57.3 Å². The van der Waals surface area contributed by atoms with E-state index in [1.165, 1.54) is 31.0 Å². The molecule has 3 heterocycles. The van der Waals surface area contributed by atoms with Gasteiger partial charge < -0.3 is 14.8 Å². The fraction of sp³-hybridized carbons (Fsp3) is 0.500. The van der Waals surface area contributed by atoms with Crippen molar-refractivity contribution in [3.05, 3.63) is 46.0 Å². The van der Waals surface area contributed by atoms with Gasteiger partial charge in [-0.2, -0.15) is 0 Å². The summed E-state index contributed by atoms with van der Waals surface area (Å²) in [6, 6.07) is 5.22. The molecule has 138 valence electrons. The lowest BCUT2D eigenvalue weighted by molar-refractivity contribution is 0.0881. The first kappa shape index (κ1) is 17.2. The summed E-state index contributed by atoms with van der Waals surface area (Å²) >= 11 is 0. The molecule has 2 aliphatic rings. The molecular weight excluding hydrogens is 333 g/mol. The van der Waals surface area contributed by atoms with Gasteiger partial charge in [0.2, 0.25) is 5.43 Å². The van der Waals surface area contributed by atoms with E-state index < -0.39 is 5.82 Å². The standard InChI is InChI=1S/C20H24FN3O2/c1-3-24-11-17(19(25)16-7-4-12(21)8-18(16)24)20(26)22-13-9-14-5-6-15(10-13)23(14)2/h4,7-8,11,13-15H,3,5-6,9-10H2,1-2H3,(H,22,26). The number of rotatable bonds is 3. The maximum absolute atomic E-state index is 13.6. The molecule has 2 unspecified atom stereocenters. The molecule has 0 radical (unpaired) electrons. The monoisotopic (exact) mass is 357 g/mol. The Balaban J connectivity index is 1.64. The number of carbonyl (C=O) groups excluding carboxylic acids is 1. The lowest BCUT2D eigenvalue weighted by atomic mass is 9.97. The zero-order chi connectivity index (χ0) is 18.4. The Bertz CT molecular complexity index is 909. The zero-order valence-electron chi connectivity index (χ0n) is 15.2. The van der Waals surface area contributed by atoms with Gasteiger partial charge in [-0.3, -0.25) is 9.59 Å². The molecule has 2 atom stereocenters. The smallest absolute Gasteiger partial charge is 0.256 e. The second-order valence-electron chi connectivity index (χ2n) is 7.51. The number of piperidine rings is 1. The number of nitrogens with one attached hydrogen (secondary N) is 1. The number of halogens is 1. The molecule has 1 aromatic carbocycles. The molecule has 2 aliphatic heterocycles. The second kappa shape index (κ2) is 6.50. The van der Waals surface area contributed by atoms with Crippen LogP contribution in [-0.4, -0.2) is 40.5 Å². The van der Waals surface area contributed by atoms with Gasteiger partial charge in [-0.15, -0.1) is 0 Å². The van der Waals surface area contributed by atoms with Crippen molar-refractivity contribution in [1.29, 1.82) is 0 Å². The summed E-state index contributed by atoms with van der Waals surface area (Å²) in [6.45, 7) is 2.46. The van der Waals surface area contributed by atoms with Crippen LogP contribution >= 0.6 is 0 Å². The second-order valence-corrected chi connectivity index (χ2v) is 7.51. The van der Waals surface area contributed by atoms with Gasteiger partial charge in [-0.05, 0) is 57.9 Å². The van der Waals surface area contributed by atoms with Crippen LogP contribution in [0.15, 0.2) is 29.2 Å². The molecule has 26 heavy (non-hydrogen) atoms. The van der Waals surface area contributed by atoms with Crippen molar-refractivity contribution < 1.29 is 9.18 Å². The fourth-order valence-corrected chi connectivity index (χ4v) is 4.58. The van der Waals surface area contributed by atoms with E-state index in [0.717, 1.165) is 12.8 Å². The summed E-state index contributed by atoms with van der Waals surface area (Å²) in [5, 5.41) is 3.45. The van der Waals surface area contributed by atoms with Crippen molar-refractivity contribution in [3.63, 3.8) is 0 Å². The van der Waals surface area contributed by atoms with Crippen molar-refractivity contribution in [2.75, 3.05) is 7.05 Å². The molecule has 0 spiro atoms. The number of nitrogens with zero attached hydrogens (tertiary/aromatic N) is 2. The Kier molecular flexibility index (Phi) is 4.31. The molecule has 5 nitrogen and oxygen atoms in total. The summed E-state index contributed by atoms with van der Waals surface area (Å²) in [5.74, 6) is -0.713. The highest BCUT2D eigenvalue weighted by Gasteiger charge is 2.39. The van der Waals surface area contributed by atoms with E-state index in [9.17, 15) is 14.0 Å². The van der Waals surface area contributed by atoms with Gasteiger partial charge in [0.15, 0.2) is 0 Å². The van der Waals surface area contributed by atoms with E-state index in [1.54, 1.807) is 10.8 Å². The number of benzene rings is 1. The summed E-state index contributed by atoms with van der Waals surface area (Å²) < 4.78 is 15.3. The van der Waals surface area contributed by atoms with Crippen molar-refractivity contribution in [2.24, 2.45) is 0 Å². The van der Waals surface area contributed by atoms with Gasteiger partial charge >= 0.3 is 0 Å². The van der Waals surface area contributed by atoms with Gasteiger partial charge in [0.25, 0.3) is 5.91 Å². The van der Waals surface area contributed by atoms with Gasteiger partial charge in [0.1, 0.15) is 11.4 Å². The first-order valence-electron chi connectivity index (χ1n) is 9.33. The average molecular weight is 357 g/mol. The molecule has 2 aromatic rings. The average Bonchev–Trinajstić information content (AvgIpc) is 2.82. The minimum atomic E-state index is -0.391. The molecule has 0 aliphatic carbocycles. The first-order chi connectivity index (χ1) is 12.5.